The highest BCUT2D eigenvalue weighted by molar-refractivity contribution is 9.10. The number of benzene rings is 1. The summed E-state index contributed by atoms with van der Waals surface area (Å²) in [7, 11) is 0. The fourth-order valence-electron chi connectivity index (χ4n) is 2.10. The number of furan rings is 1. The van der Waals surface area contributed by atoms with Crippen LogP contribution in [0.3, 0.4) is 0 Å². The van der Waals surface area contributed by atoms with Gasteiger partial charge in [0.15, 0.2) is 0 Å². The highest BCUT2D eigenvalue weighted by Crippen LogP contribution is 2.14. The summed E-state index contributed by atoms with van der Waals surface area (Å²) in [6.07, 6.45) is 5.59. The summed E-state index contributed by atoms with van der Waals surface area (Å²) in [5.41, 5.74) is 2.60. The molecule has 2 rings (SSSR count). The Bertz CT molecular complexity index is 450. The van der Waals surface area contributed by atoms with Crippen LogP contribution in [-0.2, 0) is 12.8 Å². The Morgan fingerprint density at radius 2 is 1.83 bits per heavy atom. The minimum Gasteiger partial charge on any atom is -0.472 e. The van der Waals surface area contributed by atoms with Crippen LogP contribution in [0.2, 0.25) is 0 Å². The van der Waals surface area contributed by atoms with E-state index in [-0.39, 0.29) is 0 Å². The van der Waals surface area contributed by atoms with E-state index in [1.165, 1.54) is 11.1 Å². The van der Waals surface area contributed by atoms with Crippen molar-refractivity contribution in [2.45, 2.75) is 25.8 Å². The van der Waals surface area contributed by atoms with Gasteiger partial charge in [0.2, 0.25) is 0 Å². The van der Waals surface area contributed by atoms with Crippen molar-refractivity contribution in [3.05, 3.63) is 58.5 Å². The lowest BCUT2D eigenvalue weighted by atomic mass is 10.0. The average molecular weight is 308 g/mol. The zero-order chi connectivity index (χ0) is 12.8. The molecule has 0 saturated carbocycles. The maximum atomic E-state index is 5.13. The molecule has 0 amide bonds. The van der Waals surface area contributed by atoms with Crippen LogP contribution in [0.4, 0.5) is 0 Å². The Morgan fingerprint density at radius 1 is 1.11 bits per heavy atom. The van der Waals surface area contributed by atoms with Crippen LogP contribution in [0.25, 0.3) is 0 Å². The molecule has 2 nitrogen and oxygen atoms in total. The molecule has 1 atom stereocenters. The Kier molecular flexibility index (Phi) is 5.02. The first-order valence-electron chi connectivity index (χ1n) is 6.27. The van der Waals surface area contributed by atoms with Crippen LogP contribution in [0, 0.1) is 0 Å². The molecule has 1 aromatic heterocycles. The van der Waals surface area contributed by atoms with Crippen LogP contribution < -0.4 is 5.32 Å². The quantitative estimate of drug-likeness (QED) is 0.878. The average Bonchev–Trinajstić information content (AvgIpc) is 2.85. The van der Waals surface area contributed by atoms with E-state index in [0.29, 0.717) is 6.04 Å². The molecule has 3 heteroatoms. The van der Waals surface area contributed by atoms with E-state index >= 15 is 0 Å². The summed E-state index contributed by atoms with van der Waals surface area (Å²) in [6.45, 7) is 3.13. The van der Waals surface area contributed by atoms with Crippen molar-refractivity contribution in [3.8, 4) is 0 Å². The molecule has 1 unspecified atom stereocenters. The van der Waals surface area contributed by atoms with Gasteiger partial charge in [-0.2, -0.15) is 0 Å². The summed E-state index contributed by atoms with van der Waals surface area (Å²) < 4.78 is 6.25. The minimum absolute atomic E-state index is 0.453. The molecule has 0 aliphatic rings. The molecule has 0 bridgehead atoms. The van der Waals surface area contributed by atoms with Gasteiger partial charge in [0.05, 0.1) is 12.5 Å². The maximum Gasteiger partial charge on any atom is 0.0935 e. The molecule has 0 aliphatic heterocycles. The van der Waals surface area contributed by atoms with Crippen molar-refractivity contribution >= 4 is 15.9 Å². The third-order valence-corrected chi connectivity index (χ3v) is 3.48. The molecular formula is C15H18BrNO. The third kappa shape index (κ3) is 4.00. The minimum atomic E-state index is 0.453. The van der Waals surface area contributed by atoms with E-state index in [1.54, 1.807) is 6.26 Å². The summed E-state index contributed by atoms with van der Waals surface area (Å²) in [6, 6.07) is 11.0. The van der Waals surface area contributed by atoms with Crippen molar-refractivity contribution in [1.82, 2.24) is 5.32 Å². The number of halogens is 1. The standard InChI is InChI=1S/C15H18BrNO/c1-2-17-15(10-13-7-8-18-11-13)9-12-3-5-14(16)6-4-12/h3-8,11,15,17H,2,9-10H2,1H3. The first-order valence-corrected chi connectivity index (χ1v) is 7.06. The molecule has 0 fully saturated rings. The SMILES string of the molecule is CCNC(Cc1ccc(Br)cc1)Cc1ccoc1. The Balaban J connectivity index is 1.99. The van der Waals surface area contributed by atoms with Crippen molar-refractivity contribution in [1.29, 1.82) is 0 Å². The zero-order valence-corrected chi connectivity index (χ0v) is 12.1. The van der Waals surface area contributed by atoms with E-state index in [2.05, 4.69) is 52.4 Å². The summed E-state index contributed by atoms with van der Waals surface area (Å²) in [5, 5.41) is 3.53. The Labute approximate surface area is 117 Å². The van der Waals surface area contributed by atoms with Gasteiger partial charge in [0.25, 0.3) is 0 Å². The number of hydrogen-bond donors (Lipinski definition) is 1. The van der Waals surface area contributed by atoms with Gasteiger partial charge in [-0.3, -0.25) is 0 Å². The molecule has 1 N–H and O–H groups in total. The van der Waals surface area contributed by atoms with Gasteiger partial charge in [-0.1, -0.05) is 35.0 Å². The van der Waals surface area contributed by atoms with E-state index in [4.69, 9.17) is 4.42 Å². The van der Waals surface area contributed by atoms with Gasteiger partial charge in [-0.25, -0.2) is 0 Å². The van der Waals surface area contributed by atoms with Crippen molar-refractivity contribution < 1.29 is 4.42 Å². The molecule has 1 heterocycles. The first-order chi connectivity index (χ1) is 8.78. The van der Waals surface area contributed by atoms with Crippen LogP contribution in [0.15, 0.2) is 51.7 Å². The molecule has 0 aliphatic carbocycles. The van der Waals surface area contributed by atoms with Crippen molar-refractivity contribution in [2.75, 3.05) is 6.54 Å². The fraction of sp³-hybridized carbons (Fsp3) is 0.333. The van der Waals surface area contributed by atoms with Crippen LogP contribution >= 0.6 is 15.9 Å². The molecule has 2 aromatic rings. The summed E-state index contributed by atoms with van der Waals surface area (Å²) >= 11 is 3.46. The van der Waals surface area contributed by atoms with Crippen LogP contribution in [-0.4, -0.2) is 12.6 Å². The molecule has 0 saturated heterocycles. The second-order valence-electron chi connectivity index (χ2n) is 4.42. The smallest absolute Gasteiger partial charge is 0.0935 e. The molecule has 0 radical (unpaired) electrons. The number of rotatable bonds is 6. The van der Waals surface area contributed by atoms with Gasteiger partial charge >= 0.3 is 0 Å². The lowest BCUT2D eigenvalue weighted by molar-refractivity contribution is 0.513. The summed E-state index contributed by atoms with van der Waals surface area (Å²) in [5.74, 6) is 0. The second-order valence-corrected chi connectivity index (χ2v) is 5.34. The lowest BCUT2D eigenvalue weighted by Gasteiger charge is -2.17. The van der Waals surface area contributed by atoms with E-state index < -0.39 is 0 Å². The molecule has 18 heavy (non-hydrogen) atoms. The normalized spacial score (nSPS) is 12.6. The second kappa shape index (κ2) is 6.76. The Hall–Kier alpha value is -1.06. The van der Waals surface area contributed by atoms with Crippen molar-refractivity contribution in [3.63, 3.8) is 0 Å². The summed E-state index contributed by atoms with van der Waals surface area (Å²) in [4.78, 5) is 0. The Morgan fingerprint density at radius 3 is 2.44 bits per heavy atom. The van der Waals surface area contributed by atoms with Crippen LogP contribution in [0.5, 0.6) is 0 Å². The molecule has 0 spiro atoms. The predicted octanol–water partition coefficient (Wildman–Crippen LogP) is 3.81. The van der Waals surface area contributed by atoms with E-state index in [9.17, 15) is 0 Å². The van der Waals surface area contributed by atoms with Gasteiger partial charge in [-0.15, -0.1) is 0 Å². The largest absolute Gasteiger partial charge is 0.472 e. The van der Waals surface area contributed by atoms with E-state index in [1.807, 2.05) is 12.3 Å². The predicted molar refractivity (Wildman–Crippen MR) is 77.7 cm³/mol. The number of hydrogen-bond acceptors (Lipinski definition) is 2. The number of nitrogens with one attached hydrogen (secondary N) is 1. The number of likely N-dealkylation sites (N-methyl/N-ethyl adjacent to an activating group) is 1. The topological polar surface area (TPSA) is 25.2 Å². The molecule has 1 aromatic carbocycles. The zero-order valence-electron chi connectivity index (χ0n) is 10.5. The molecule has 96 valence electrons. The van der Waals surface area contributed by atoms with Crippen molar-refractivity contribution in [2.24, 2.45) is 0 Å². The highest BCUT2D eigenvalue weighted by Gasteiger charge is 2.10. The van der Waals surface area contributed by atoms with Gasteiger partial charge in [0.1, 0.15) is 0 Å². The van der Waals surface area contributed by atoms with Gasteiger partial charge < -0.3 is 9.73 Å². The lowest BCUT2D eigenvalue weighted by Crippen LogP contribution is -2.32. The van der Waals surface area contributed by atoms with E-state index in [0.717, 1.165) is 23.9 Å². The maximum absolute atomic E-state index is 5.13. The molecular weight excluding hydrogens is 290 g/mol. The fourth-order valence-corrected chi connectivity index (χ4v) is 2.37. The highest BCUT2D eigenvalue weighted by atomic mass is 79.9. The third-order valence-electron chi connectivity index (χ3n) is 2.95. The van der Waals surface area contributed by atoms with Gasteiger partial charge in [0, 0.05) is 10.5 Å². The monoisotopic (exact) mass is 307 g/mol. The first kappa shape index (κ1) is 13.4. The van der Waals surface area contributed by atoms with Gasteiger partial charge in [-0.05, 0) is 48.7 Å². The van der Waals surface area contributed by atoms with Crippen LogP contribution in [0.1, 0.15) is 18.1 Å².